The molecule has 0 saturated heterocycles. The molecule has 1 atom stereocenters. The molecule has 1 heterocycles. The summed E-state index contributed by atoms with van der Waals surface area (Å²) in [5.74, 6) is 2.60. The molecule has 0 aromatic carbocycles. The summed E-state index contributed by atoms with van der Waals surface area (Å²) in [4.78, 5) is 0. The minimum atomic E-state index is -0.580. The third kappa shape index (κ3) is 5.47. The number of aliphatic hydroxyl groups excluding tert-OH is 2. The van der Waals surface area contributed by atoms with E-state index >= 15 is 0 Å². The standard InChI is InChI=1S/C10H15ClO3S/c11-10-4-3-9(14-10)7-15-5-1-2-8(13)6-12/h3-4,8,12-13H,1-2,5-7H2. The highest BCUT2D eigenvalue weighted by atomic mass is 35.5. The SMILES string of the molecule is OCC(O)CCCSCc1ccc(Cl)o1. The summed E-state index contributed by atoms with van der Waals surface area (Å²) in [6.45, 7) is -0.154. The third-order valence-corrected chi connectivity index (χ3v) is 3.18. The molecule has 0 bridgehead atoms. The fourth-order valence-electron chi connectivity index (χ4n) is 1.11. The molecule has 1 unspecified atom stereocenters. The summed E-state index contributed by atoms with van der Waals surface area (Å²) >= 11 is 7.35. The molecule has 0 aliphatic rings. The highest BCUT2D eigenvalue weighted by molar-refractivity contribution is 7.98. The molecule has 2 N–H and O–H groups in total. The summed E-state index contributed by atoms with van der Waals surface area (Å²) < 4.78 is 5.19. The first-order chi connectivity index (χ1) is 7.22. The van der Waals surface area contributed by atoms with Crippen molar-refractivity contribution in [3.05, 3.63) is 23.1 Å². The Kier molecular flexibility index (Phi) is 6.17. The minimum Gasteiger partial charge on any atom is -0.449 e. The Labute approximate surface area is 98.4 Å². The maximum Gasteiger partial charge on any atom is 0.193 e. The number of halogens is 1. The predicted octanol–water partition coefficient (Wildman–Crippen LogP) is 2.30. The maximum absolute atomic E-state index is 9.08. The van der Waals surface area contributed by atoms with Crippen molar-refractivity contribution in [3.8, 4) is 0 Å². The van der Waals surface area contributed by atoms with Gasteiger partial charge in [0.05, 0.1) is 18.5 Å². The van der Waals surface area contributed by atoms with Crippen LogP contribution in [0.3, 0.4) is 0 Å². The average Bonchev–Trinajstić information content (AvgIpc) is 2.63. The monoisotopic (exact) mass is 250 g/mol. The van der Waals surface area contributed by atoms with Crippen molar-refractivity contribution < 1.29 is 14.6 Å². The van der Waals surface area contributed by atoms with Crippen LogP contribution < -0.4 is 0 Å². The van der Waals surface area contributed by atoms with Crippen LogP contribution in [0.25, 0.3) is 0 Å². The van der Waals surface area contributed by atoms with E-state index < -0.39 is 6.10 Å². The fourth-order valence-corrected chi connectivity index (χ4v) is 2.15. The molecule has 5 heteroatoms. The number of furan rings is 1. The number of hydrogen-bond donors (Lipinski definition) is 2. The van der Waals surface area contributed by atoms with Gasteiger partial charge in [0.2, 0.25) is 0 Å². The highest BCUT2D eigenvalue weighted by Gasteiger charge is 2.02. The van der Waals surface area contributed by atoms with Gasteiger partial charge in [0, 0.05) is 0 Å². The van der Waals surface area contributed by atoms with E-state index in [-0.39, 0.29) is 6.61 Å². The summed E-state index contributed by atoms with van der Waals surface area (Å²) in [5, 5.41) is 18.1. The van der Waals surface area contributed by atoms with Crippen molar-refractivity contribution in [1.82, 2.24) is 0 Å². The second kappa shape index (κ2) is 7.17. The quantitative estimate of drug-likeness (QED) is 0.729. The van der Waals surface area contributed by atoms with Gasteiger partial charge in [-0.2, -0.15) is 11.8 Å². The van der Waals surface area contributed by atoms with Crippen LogP contribution in [0.2, 0.25) is 5.22 Å². The molecule has 0 amide bonds. The Morgan fingerprint density at radius 1 is 1.47 bits per heavy atom. The highest BCUT2D eigenvalue weighted by Crippen LogP contribution is 2.19. The van der Waals surface area contributed by atoms with E-state index in [0.717, 1.165) is 23.7 Å². The van der Waals surface area contributed by atoms with Gasteiger partial charge in [0.15, 0.2) is 5.22 Å². The van der Waals surface area contributed by atoms with Crippen molar-refractivity contribution in [2.45, 2.75) is 24.7 Å². The van der Waals surface area contributed by atoms with E-state index in [0.29, 0.717) is 11.6 Å². The van der Waals surface area contributed by atoms with E-state index in [1.54, 1.807) is 17.8 Å². The molecule has 3 nitrogen and oxygen atoms in total. The Balaban J connectivity index is 2.02. The molecule has 15 heavy (non-hydrogen) atoms. The van der Waals surface area contributed by atoms with Gasteiger partial charge in [-0.05, 0) is 42.3 Å². The Bertz CT molecular complexity index is 277. The number of rotatable bonds is 7. The molecule has 0 aliphatic heterocycles. The summed E-state index contributed by atoms with van der Waals surface area (Å²) in [7, 11) is 0. The van der Waals surface area contributed by atoms with Gasteiger partial charge >= 0.3 is 0 Å². The zero-order chi connectivity index (χ0) is 11.1. The zero-order valence-corrected chi connectivity index (χ0v) is 9.93. The summed E-state index contributed by atoms with van der Waals surface area (Å²) in [5.41, 5.74) is 0. The second-order valence-electron chi connectivity index (χ2n) is 3.24. The molecule has 0 radical (unpaired) electrons. The molecule has 86 valence electrons. The Morgan fingerprint density at radius 2 is 2.27 bits per heavy atom. The molecule has 0 fully saturated rings. The average molecular weight is 251 g/mol. The third-order valence-electron chi connectivity index (χ3n) is 1.91. The topological polar surface area (TPSA) is 53.6 Å². The van der Waals surface area contributed by atoms with Crippen molar-refractivity contribution in [1.29, 1.82) is 0 Å². The van der Waals surface area contributed by atoms with Gasteiger partial charge < -0.3 is 14.6 Å². The van der Waals surface area contributed by atoms with Crippen molar-refractivity contribution in [2.75, 3.05) is 12.4 Å². The van der Waals surface area contributed by atoms with Crippen molar-refractivity contribution in [2.24, 2.45) is 0 Å². The van der Waals surface area contributed by atoms with Crippen LogP contribution in [0.1, 0.15) is 18.6 Å². The van der Waals surface area contributed by atoms with E-state index in [9.17, 15) is 0 Å². The van der Waals surface area contributed by atoms with Gasteiger partial charge in [0.25, 0.3) is 0 Å². The Morgan fingerprint density at radius 3 is 2.87 bits per heavy atom. The lowest BCUT2D eigenvalue weighted by Crippen LogP contribution is -2.11. The molecular formula is C10H15ClO3S. The van der Waals surface area contributed by atoms with Gasteiger partial charge in [-0.15, -0.1) is 0 Å². The normalized spacial score (nSPS) is 13.0. The van der Waals surface area contributed by atoms with Gasteiger partial charge in [0.1, 0.15) is 5.76 Å². The van der Waals surface area contributed by atoms with E-state index in [2.05, 4.69) is 0 Å². The van der Waals surface area contributed by atoms with Crippen LogP contribution >= 0.6 is 23.4 Å². The molecule has 0 spiro atoms. The van der Waals surface area contributed by atoms with Crippen LogP contribution in [0.15, 0.2) is 16.5 Å². The first-order valence-corrected chi connectivity index (χ1v) is 6.36. The molecule has 0 aliphatic carbocycles. The lowest BCUT2D eigenvalue weighted by atomic mass is 10.2. The first kappa shape index (κ1) is 12.9. The molecule has 1 aromatic heterocycles. The van der Waals surface area contributed by atoms with E-state index in [4.69, 9.17) is 26.2 Å². The van der Waals surface area contributed by atoms with E-state index in [1.807, 2.05) is 6.07 Å². The largest absolute Gasteiger partial charge is 0.449 e. The van der Waals surface area contributed by atoms with Crippen LogP contribution in [-0.2, 0) is 5.75 Å². The van der Waals surface area contributed by atoms with Gasteiger partial charge in [-0.25, -0.2) is 0 Å². The van der Waals surface area contributed by atoms with Gasteiger partial charge in [-0.1, -0.05) is 0 Å². The smallest absolute Gasteiger partial charge is 0.193 e. The zero-order valence-electron chi connectivity index (χ0n) is 8.36. The molecule has 0 saturated carbocycles. The first-order valence-electron chi connectivity index (χ1n) is 4.83. The minimum absolute atomic E-state index is 0.154. The van der Waals surface area contributed by atoms with Crippen LogP contribution in [0, 0.1) is 0 Å². The van der Waals surface area contributed by atoms with Crippen molar-refractivity contribution >= 4 is 23.4 Å². The molecular weight excluding hydrogens is 236 g/mol. The number of aliphatic hydroxyl groups is 2. The fraction of sp³-hybridized carbons (Fsp3) is 0.600. The Hall–Kier alpha value is -0.160. The van der Waals surface area contributed by atoms with E-state index in [1.165, 1.54) is 0 Å². The lowest BCUT2D eigenvalue weighted by Gasteiger charge is -2.05. The van der Waals surface area contributed by atoms with Crippen molar-refractivity contribution in [3.63, 3.8) is 0 Å². The molecule has 1 aromatic rings. The second-order valence-corrected chi connectivity index (χ2v) is 4.71. The van der Waals surface area contributed by atoms with Crippen LogP contribution in [0.4, 0.5) is 0 Å². The molecule has 1 rings (SSSR count). The number of hydrogen-bond acceptors (Lipinski definition) is 4. The summed E-state index contributed by atoms with van der Waals surface area (Å²) in [6.07, 6.45) is 0.951. The van der Waals surface area contributed by atoms with Gasteiger partial charge in [-0.3, -0.25) is 0 Å². The number of thioether (sulfide) groups is 1. The maximum atomic E-state index is 9.08. The predicted molar refractivity (Wildman–Crippen MR) is 62.2 cm³/mol. The van der Waals surface area contributed by atoms with Crippen LogP contribution in [-0.4, -0.2) is 28.7 Å². The van der Waals surface area contributed by atoms with Crippen LogP contribution in [0.5, 0.6) is 0 Å². The summed E-state index contributed by atoms with van der Waals surface area (Å²) in [6, 6.07) is 3.59. The lowest BCUT2D eigenvalue weighted by molar-refractivity contribution is 0.0880.